The van der Waals surface area contributed by atoms with Gasteiger partial charge in [-0.2, -0.15) is 0 Å². The predicted molar refractivity (Wildman–Crippen MR) is 66.8 cm³/mol. The number of benzene rings is 1. The van der Waals surface area contributed by atoms with Crippen molar-refractivity contribution in [3.05, 3.63) is 30.5 Å². The first kappa shape index (κ1) is 10.8. The SMILES string of the molecule is O=S(=O)(c1c[nH]c2ccccc12)[C@H]1CCNC1. The van der Waals surface area contributed by atoms with Crippen LogP contribution in [0, 0.1) is 0 Å². The molecule has 4 nitrogen and oxygen atoms in total. The molecule has 90 valence electrons. The summed E-state index contributed by atoms with van der Waals surface area (Å²) in [4.78, 5) is 3.45. The average molecular weight is 250 g/mol. The molecule has 0 amide bonds. The number of aromatic amines is 1. The van der Waals surface area contributed by atoms with Crippen LogP contribution >= 0.6 is 0 Å². The molecule has 0 saturated carbocycles. The van der Waals surface area contributed by atoms with E-state index < -0.39 is 9.84 Å². The molecule has 0 aliphatic carbocycles. The van der Waals surface area contributed by atoms with Crippen molar-refractivity contribution in [3.63, 3.8) is 0 Å². The molecule has 2 N–H and O–H groups in total. The van der Waals surface area contributed by atoms with Crippen LogP contribution in [-0.2, 0) is 9.84 Å². The van der Waals surface area contributed by atoms with Crippen molar-refractivity contribution in [2.45, 2.75) is 16.6 Å². The quantitative estimate of drug-likeness (QED) is 0.844. The van der Waals surface area contributed by atoms with E-state index in [-0.39, 0.29) is 5.25 Å². The summed E-state index contributed by atoms with van der Waals surface area (Å²) in [5, 5.41) is 3.60. The maximum Gasteiger partial charge on any atom is 0.184 e. The molecular weight excluding hydrogens is 236 g/mol. The number of aromatic nitrogens is 1. The van der Waals surface area contributed by atoms with Crippen LogP contribution < -0.4 is 5.32 Å². The van der Waals surface area contributed by atoms with Gasteiger partial charge in [0.25, 0.3) is 0 Å². The number of fused-ring (bicyclic) bond motifs is 1. The number of nitrogens with one attached hydrogen (secondary N) is 2. The van der Waals surface area contributed by atoms with Crippen LogP contribution in [0.3, 0.4) is 0 Å². The van der Waals surface area contributed by atoms with Crippen molar-refractivity contribution in [1.29, 1.82) is 0 Å². The van der Waals surface area contributed by atoms with Crippen LogP contribution in [0.1, 0.15) is 6.42 Å². The summed E-state index contributed by atoms with van der Waals surface area (Å²) in [6, 6.07) is 7.50. The maximum absolute atomic E-state index is 12.4. The van der Waals surface area contributed by atoms with Gasteiger partial charge in [0, 0.05) is 23.6 Å². The Bertz CT molecular complexity index is 639. The summed E-state index contributed by atoms with van der Waals surface area (Å²) >= 11 is 0. The van der Waals surface area contributed by atoms with E-state index in [1.807, 2.05) is 24.3 Å². The molecule has 0 bridgehead atoms. The topological polar surface area (TPSA) is 62.0 Å². The fourth-order valence-corrected chi connectivity index (χ4v) is 4.19. The van der Waals surface area contributed by atoms with Gasteiger partial charge < -0.3 is 10.3 Å². The van der Waals surface area contributed by atoms with Crippen LogP contribution in [0.4, 0.5) is 0 Å². The van der Waals surface area contributed by atoms with Gasteiger partial charge in [0.1, 0.15) is 0 Å². The van der Waals surface area contributed by atoms with Crippen molar-refractivity contribution in [1.82, 2.24) is 10.3 Å². The summed E-state index contributed by atoms with van der Waals surface area (Å²) in [5.74, 6) is 0. The molecule has 1 aromatic carbocycles. The lowest BCUT2D eigenvalue weighted by molar-refractivity contribution is 0.584. The van der Waals surface area contributed by atoms with E-state index in [9.17, 15) is 8.42 Å². The van der Waals surface area contributed by atoms with Crippen LogP contribution in [0.15, 0.2) is 35.4 Å². The summed E-state index contributed by atoms with van der Waals surface area (Å²) in [6.07, 6.45) is 2.31. The molecule has 1 fully saturated rings. The van der Waals surface area contributed by atoms with E-state index in [0.29, 0.717) is 17.9 Å². The number of para-hydroxylation sites is 1. The van der Waals surface area contributed by atoms with Crippen LogP contribution in [0.5, 0.6) is 0 Å². The molecule has 0 radical (unpaired) electrons. The van der Waals surface area contributed by atoms with Gasteiger partial charge in [0.2, 0.25) is 0 Å². The first-order valence-corrected chi connectivity index (χ1v) is 7.25. The van der Waals surface area contributed by atoms with Crippen LogP contribution in [0.2, 0.25) is 0 Å². The van der Waals surface area contributed by atoms with Gasteiger partial charge in [0.15, 0.2) is 9.84 Å². The van der Waals surface area contributed by atoms with E-state index >= 15 is 0 Å². The minimum Gasteiger partial charge on any atom is -0.360 e. The van der Waals surface area contributed by atoms with Crippen molar-refractivity contribution in [2.24, 2.45) is 0 Å². The van der Waals surface area contributed by atoms with Crippen molar-refractivity contribution in [2.75, 3.05) is 13.1 Å². The highest BCUT2D eigenvalue weighted by molar-refractivity contribution is 7.92. The first-order valence-electron chi connectivity index (χ1n) is 5.70. The Kier molecular flexibility index (Phi) is 2.45. The number of hydrogen-bond acceptors (Lipinski definition) is 3. The minimum absolute atomic E-state index is 0.290. The molecule has 1 saturated heterocycles. The molecule has 2 heterocycles. The summed E-state index contributed by atoms with van der Waals surface area (Å²) < 4.78 is 24.9. The Morgan fingerprint density at radius 2 is 2.06 bits per heavy atom. The second kappa shape index (κ2) is 3.85. The van der Waals surface area contributed by atoms with Crippen molar-refractivity contribution in [3.8, 4) is 0 Å². The number of hydrogen-bond donors (Lipinski definition) is 2. The molecule has 5 heteroatoms. The third-order valence-electron chi connectivity index (χ3n) is 3.31. The molecule has 17 heavy (non-hydrogen) atoms. The second-order valence-electron chi connectivity index (χ2n) is 4.36. The second-order valence-corrected chi connectivity index (χ2v) is 6.55. The highest BCUT2D eigenvalue weighted by atomic mass is 32.2. The van der Waals surface area contributed by atoms with Gasteiger partial charge in [-0.1, -0.05) is 18.2 Å². The van der Waals surface area contributed by atoms with E-state index in [1.165, 1.54) is 0 Å². The monoisotopic (exact) mass is 250 g/mol. The lowest BCUT2D eigenvalue weighted by atomic mass is 10.2. The average Bonchev–Trinajstić information content (AvgIpc) is 2.99. The Morgan fingerprint density at radius 3 is 2.82 bits per heavy atom. The zero-order valence-corrected chi connectivity index (χ0v) is 10.1. The zero-order valence-electron chi connectivity index (χ0n) is 9.31. The van der Waals surface area contributed by atoms with E-state index in [4.69, 9.17) is 0 Å². The molecule has 1 aliphatic rings. The Labute approximate surface area is 100.0 Å². The minimum atomic E-state index is -3.22. The predicted octanol–water partition coefficient (Wildman–Crippen LogP) is 1.30. The molecule has 2 aromatic rings. The standard InChI is InChI=1S/C12H14N2O2S/c15-17(16,9-5-6-13-7-9)12-8-14-11-4-2-1-3-10(11)12/h1-4,8-9,13-14H,5-7H2/t9-/m0/s1. The molecular formula is C12H14N2O2S. The highest BCUT2D eigenvalue weighted by Crippen LogP contribution is 2.27. The van der Waals surface area contributed by atoms with Crippen molar-refractivity contribution < 1.29 is 8.42 Å². The summed E-state index contributed by atoms with van der Waals surface area (Å²) in [7, 11) is -3.22. The fraction of sp³-hybridized carbons (Fsp3) is 0.333. The fourth-order valence-electron chi connectivity index (χ4n) is 2.35. The smallest absolute Gasteiger partial charge is 0.184 e. The molecule has 3 rings (SSSR count). The lowest BCUT2D eigenvalue weighted by Gasteiger charge is -2.09. The molecule has 0 spiro atoms. The van der Waals surface area contributed by atoms with Gasteiger partial charge in [0.05, 0.1) is 10.1 Å². The summed E-state index contributed by atoms with van der Waals surface area (Å²) in [6.45, 7) is 1.34. The van der Waals surface area contributed by atoms with Crippen LogP contribution in [-0.4, -0.2) is 31.7 Å². The number of rotatable bonds is 2. The third kappa shape index (κ3) is 1.66. The molecule has 0 unspecified atom stereocenters. The summed E-state index contributed by atoms with van der Waals surface area (Å²) in [5.41, 5.74) is 0.872. The molecule has 1 aromatic heterocycles. The maximum atomic E-state index is 12.4. The molecule has 1 aliphatic heterocycles. The number of H-pyrrole nitrogens is 1. The van der Waals surface area contributed by atoms with Gasteiger partial charge in [-0.05, 0) is 19.0 Å². The van der Waals surface area contributed by atoms with E-state index in [0.717, 1.165) is 17.4 Å². The Hall–Kier alpha value is -1.33. The number of sulfone groups is 1. The third-order valence-corrected chi connectivity index (χ3v) is 5.54. The van der Waals surface area contributed by atoms with Gasteiger partial charge in [-0.25, -0.2) is 8.42 Å². The highest BCUT2D eigenvalue weighted by Gasteiger charge is 2.31. The van der Waals surface area contributed by atoms with E-state index in [1.54, 1.807) is 6.20 Å². The Balaban J connectivity index is 2.14. The van der Waals surface area contributed by atoms with Gasteiger partial charge in [-0.3, -0.25) is 0 Å². The largest absolute Gasteiger partial charge is 0.360 e. The van der Waals surface area contributed by atoms with Gasteiger partial charge in [-0.15, -0.1) is 0 Å². The Morgan fingerprint density at radius 1 is 1.24 bits per heavy atom. The normalized spacial score (nSPS) is 21.1. The zero-order chi connectivity index (χ0) is 11.9. The first-order chi connectivity index (χ1) is 8.19. The molecule has 1 atom stereocenters. The lowest BCUT2D eigenvalue weighted by Crippen LogP contribution is -2.23. The van der Waals surface area contributed by atoms with Crippen molar-refractivity contribution >= 4 is 20.7 Å². The van der Waals surface area contributed by atoms with Crippen LogP contribution in [0.25, 0.3) is 10.9 Å². The van der Waals surface area contributed by atoms with E-state index in [2.05, 4.69) is 10.3 Å². The van der Waals surface area contributed by atoms with Gasteiger partial charge >= 0.3 is 0 Å².